The molecule has 12 N–H and O–H groups in total. The van der Waals surface area contributed by atoms with Crippen molar-refractivity contribution in [1.82, 2.24) is 52.2 Å². The van der Waals surface area contributed by atoms with Crippen LogP contribution in [0, 0.1) is 0 Å². The van der Waals surface area contributed by atoms with E-state index < -0.39 is 63.4 Å². The van der Waals surface area contributed by atoms with E-state index in [1.807, 2.05) is 30.3 Å². The van der Waals surface area contributed by atoms with Crippen molar-refractivity contribution in [3.8, 4) is 0 Å². The molecular formula is C85H129F12N17O7S. The van der Waals surface area contributed by atoms with E-state index in [-0.39, 0.29) is 24.6 Å². The number of hydrogen-bond donors (Lipinski definition) is 12. The molecule has 0 unspecified atom stereocenters. The minimum atomic E-state index is -7.31. The summed E-state index contributed by atoms with van der Waals surface area (Å²) in [5, 5.41) is 31.8. The minimum Gasteiger partial charge on any atom is -0.394 e. The number of alkyl halides is 12. The minimum absolute atomic E-state index is 0.0806. The zero-order valence-corrected chi connectivity index (χ0v) is 71.2. The van der Waals surface area contributed by atoms with Crippen LogP contribution in [0.1, 0.15) is 257 Å². The number of para-hydroxylation sites is 3. The van der Waals surface area contributed by atoms with Crippen molar-refractivity contribution in [2.24, 2.45) is 25.0 Å². The number of nitrogens with zero attached hydrogens (tertiary/aromatic N) is 6. The Hall–Kier alpha value is -8.35. The van der Waals surface area contributed by atoms with E-state index >= 15 is 0 Å². The number of hydrogen-bond acceptors (Lipinski definition) is 12. The summed E-state index contributed by atoms with van der Waals surface area (Å²) in [6.07, 6.45) is 31.8. The first-order chi connectivity index (χ1) is 58.3. The van der Waals surface area contributed by atoms with E-state index in [9.17, 15) is 75.5 Å². The molecule has 11 rings (SSSR count). The van der Waals surface area contributed by atoms with Gasteiger partial charge in [0.05, 0.1) is 50.2 Å². The maximum Gasteiger partial charge on any atom is 0.471 e. The standard InChI is InChI=1S/C20H30N4O.C17H24F9N3O2S.C17H33N3O2.C16H30N4O.C15H12F3N3O/c25-20(23-18-14-8-3-9-15-18)24-19(21-16-10-4-1-5-11-16)22-17-12-6-2-7-13-17;18-14(19,16(22,23)24)15(20,21)17(25,26)32(30,31)29-13(27-11-7-3-1-4-8-11)28-12-9-5-2-6-10-12;21-12-14-22-13-11-18-17(19-15-7-3-1-4-8-15)20-16-9-5-2-6-10-16;1-20(2)16(21)19-15(17-13-9-5-3-6-10-13)18-14-11-7-4-8-12-14;16-15(17,18)13(22)21-14(19-11-7-3-1-4-8-11)20-12-9-5-2-6-10-12/h3,8-9,14-17H,1-2,4-7,10-13H2,(H3,21,22,23,24,25);11-12H,1-10H2,(H2,27,28,29);15-16,21H,1-14H2,(H2,18,19,20);13-14H,3-12H2,1-2H3,(H2,17,18,19,21);1-10H,(H2,19,20,21,22). The molecule has 8 aliphatic carbocycles. The van der Waals surface area contributed by atoms with Crippen LogP contribution < -0.4 is 57.9 Å². The number of urea groups is 2. The zero-order valence-electron chi connectivity index (χ0n) is 70.4. The van der Waals surface area contributed by atoms with Crippen LogP contribution in [0.4, 0.5) is 79.3 Å². The van der Waals surface area contributed by atoms with Crippen LogP contribution in [-0.2, 0) is 19.6 Å². The average Bonchev–Trinajstić information content (AvgIpc) is 0.722. The van der Waals surface area contributed by atoms with Crippen LogP contribution in [0.15, 0.2) is 116 Å². The van der Waals surface area contributed by atoms with Gasteiger partial charge in [-0.15, -0.1) is 0 Å². The van der Waals surface area contributed by atoms with Gasteiger partial charge in [-0.05, 0) is 139 Å². The molecule has 8 saturated carbocycles. The molecule has 37 heteroatoms. The second kappa shape index (κ2) is 52.4. The van der Waals surface area contributed by atoms with Crippen molar-refractivity contribution >= 4 is 74.9 Å². The number of sulfonamides is 1. The molecule has 5 amide bonds. The fraction of sp³-hybridized carbons (Fsp3) is 0.694. The van der Waals surface area contributed by atoms with Crippen LogP contribution >= 0.6 is 0 Å². The predicted molar refractivity (Wildman–Crippen MR) is 455 cm³/mol. The first-order valence-corrected chi connectivity index (χ1v) is 45.3. The topological polar surface area (TPSA) is 312 Å². The Morgan fingerprint density at radius 2 is 0.746 bits per heavy atom. The highest BCUT2D eigenvalue weighted by Gasteiger charge is 2.85. The number of guanidine groups is 5. The number of nitrogens with one attached hydrogen (secondary N) is 11. The number of ether oxygens (including phenoxy) is 1. The Morgan fingerprint density at radius 1 is 0.410 bits per heavy atom. The summed E-state index contributed by atoms with van der Waals surface area (Å²) in [4.78, 5) is 59.2. The molecular weight excluding hydrogens is 1630 g/mol. The number of rotatable bonds is 20. The van der Waals surface area contributed by atoms with Gasteiger partial charge >= 0.3 is 57.4 Å². The van der Waals surface area contributed by atoms with Crippen molar-refractivity contribution < 1.29 is 85.3 Å². The number of aliphatic imine (C=N–C) groups is 5. The Labute approximate surface area is 710 Å². The molecule has 0 saturated heterocycles. The van der Waals surface area contributed by atoms with Gasteiger partial charge in [-0.3, -0.25) is 25.7 Å². The fourth-order valence-electron chi connectivity index (χ4n) is 15.5. The molecule has 0 aromatic heterocycles. The molecule has 3 aromatic rings. The number of amides is 5. The fourth-order valence-corrected chi connectivity index (χ4v) is 16.4. The summed E-state index contributed by atoms with van der Waals surface area (Å²) in [6, 6.07) is 27.7. The molecule has 686 valence electrons. The number of benzene rings is 3. The normalized spacial score (nSPS) is 19.4. The van der Waals surface area contributed by atoms with Crippen LogP contribution in [0.25, 0.3) is 0 Å². The van der Waals surface area contributed by atoms with Crippen LogP contribution in [0.3, 0.4) is 0 Å². The number of anilines is 2. The van der Waals surface area contributed by atoms with Crippen molar-refractivity contribution in [2.45, 2.75) is 335 Å². The molecule has 0 aliphatic heterocycles. The van der Waals surface area contributed by atoms with E-state index in [4.69, 9.17) is 19.8 Å². The lowest BCUT2D eigenvalue weighted by molar-refractivity contribution is -0.382. The van der Waals surface area contributed by atoms with Crippen molar-refractivity contribution in [3.63, 3.8) is 0 Å². The average molecular weight is 1760 g/mol. The van der Waals surface area contributed by atoms with Crippen molar-refractivity contribution in [1.29, 1.82) is 0 Å². The van der Waals surface area contributed by atoms with Gasteiger partial charge in [-0.1, -0.05) is 209 Å². The molecule has 24 nitrogen and oxygen atoms in total. The van der Waals surface area contributed by atoms with Gasteiger partial charge in [0, 0.05) is 55.7 Å². The lowest BCUT2D eigenvalue weighted by Gasteiger charge is -2.33. The number of aliphatic hydroxyl groups is 1. The third kappa shape index (κ3) is 36.5. The van der Waals surface area contributed by atoms with Gasteiger partial charge in [0.1, 0.15) is 0 Å². The Morgan fingerprint density at radius 3 is 1.11 bits per heavy atom. The van der Waals surface area contributed by atoms with Gasteiger partial charge in [0.2, 0.25) is 11.9 Å². The maximum atomic E-state index is 14.1. The van der Waals surface area contributed by atoms with Crippen LogP contribution in [0.5, 0.6) is 0 Å². The molecule has 0 bridgehead atoms. The number of halogens is 12. The van der Waals surface area contributed by atoms with Gasteiger partial charge in [0.25, 0.3) is 0 Å². The van der Waals surface area contributed by atoms with E-state index in [0.717, 1.165) is 67.7 Å². The highest BCUT2D eigenvalue weighted by Crippen LogP contribution is 2.54. The predicted octanol–water partition coefficient (Wildman–Crippen LogP) is 17.9. The molecule has 122 heavy (non-hydrogen) atoms. The Kier molecular flexibility index (Phi) is 43.3. The van der Waals surface area contributed by atoms with E-state index in [1.165, 1.54) is 154 Å². The number of aliphatic hydroxyl groups excluding tert-OH is 1. The SMILES string of the molecule is CN(C)C(=O)NC(=NC1CCCCC1)NC1CCCCC1.O=C(NC(=NC1CCCCC1)NC1CCCCC1)Nc1ccccc1.O=C(NC(=Nc1ccccc1)Nc1ccccc1)C(F)(F)F.O=S(=O)(NC(=NC1CCCCC1)NC1CCCCC1)C(F)(F)C(F)(F)C(F)(F)C(F)(F)F.OCCOCCN=C(NC1CCCCC1)NC1CCCCC1. The summed E-state index contributed by atoms with van der Waals surface area (Å²) in [5.74, 6) is -15.6. The molecule has 8 aliphatic rings. The van der Waals surface area contributed by atoms with E-state index in [0.29, 0.717) is 131 Å². The smallest absolute Gasteiger partial charge is 0.394 e. The Balaban J connectivity index is 0.000000212. The zero-order chi connectivity index (χ0) is 88.3. The summed E-state index contributed by atoms with van der Waals surface area (Å²) in [5.41, 5.74) is 1.69. The maximum absolute atomic E-state index is 14.1. The number of carbonyl (C=O) groups is 3. The van der Waals surface area contributed by atoms with Gasteiger partial charge in [0.15, 0.2) is 17.9 Å². The molecule has 3 aromatic carbocycles. The molecule has 0 radical (unpaired) electrons. The first kappa shape index (κ1) is 101. The summed E-state index contributed by atoms with van der Waals surface area (Å²) in [7, 11) is -3.25. The summed E-state index contributed by atoms with van der Waals surface area (Å²) >= 11 is 0. The first-order valence-electron chi connectivity index (χ1n) is 43.8. The van der Waals surface area contributed by atoms with Gasteiger partial charge < -0.3 is 52.0 Å². The molecule has 0 atom stereocenters. The van der Waals surface area contributed by atoms with Crippen LogP contribution in [-0.4, -0.2) is 184 Å². The third-order valence-corrected chi connectivity index (χ3v) is 23.6. The van der Waals surface area contributed by atoms with E-state index in [2.05, 4.69) is 62.8 Å². The van der Waals surface area contributed by atoms with Gasteiger partial charge in [-0.25, -0.2) is 34.3 Å². The van der Waals surface area contributed by atoms with Crippen molar-refractivity contribution in [3.05, 3.63) is 91.0 Å². The third-order valence-electron chi connectivity index (χ3n) is 22.2. The highest BCUT2D eigenvalue weighted by atomic mass is 32.2. The van der Waals surface area contributed by atoms with E-state index in [1.54, 1.807) is 85.0 Å². The molecule has 8 fully saturated rings. The largest absolute Gasteiger partial charge is 0.471 e. The van der Waals surface area contributed by atoms with Crippen molar-refractivity contribution in [2.75, 3.05) is 51.1 Å². The quantitative estimate of drug-likeness (QED) is 0.0217. The van der Waals surface area contributed by atoms with Crippen LogP contribution in [0.2, 0.25) is 0 Å². The molecule has 0 heterocycles. The summed E-state index contributed by atoms with van der Waals surface area (Å²) in [6.45, 7) is 1.70. The Bertz CT molecular complexity index is 3750. The monoisotopic (exact) mass is 1760 g/mol. The molecule has 0 spiro atoms. The lowest BCUT2D eigenvalue weighted by atomic mass is 9.95. The highest BCUT2D eigenvalue weighted by molar-refractivity contribution is 7.91. The second-order valence-electron chi connectivity index (χ2n) is 32.5. The lowest BCUT2D eigenvalue weighted by Crippen LogP contribution is -2.66. The van der Waals surface area contributed by atoms with Gasteiger partial charge in [-0.2, -0.15) is 61.1 Å². The second-order valence-corrected chi connectivity index (χ2v) is 34.3. The number of carbonyl (C=O) groups excluding carboxylic acids is 3. The summed E-state index contributed by atoms with van der Waals surface area (Å²) < 4.78 is 186.